The van der Waals surface area contributed by atoms with E-state index in [0.29, 0.717) is 11.6 Å². The number of likely N-dealkylation sites (tertiary alicyclic amines) is 1. The van der Waals surface area contributed by atoms with E-state index in [9.17, 15) is 9.59 Å². The summed E-state index contributed by atoms with van der Waals surface area (Å²) in [4.78, 5) is 31.1. The fourth-order valence-electron chi connectivity index (χ4n) is 5.02. The summed E-state index contributed by atoms with van der Waals surface area (Å²) in [6.45, 7) is 3.83. The number of thiophene rings is 1. The van der Waals surface area contributed by atoms with Gasteiger partial charge in [-0.2, -0.15) is 0 Å². The summed E-state index contributed by atoms with van der Waals surface area (Å²) in [5.41, 5.74) is 6.07. The third kappa shape index (κ3) is 4.17. The molecule has 2 aromatic carbocycles. The van der Waals surface area contributed by atoms with E-state index < -0.39 is 0 Å². The molecule has 182 valence electrons. The van der Waals surface area contributed by atoms with E-state index in [1.165, 1.54) is 16.0 Å². The number of rotatable bonds is 5. The van der Waals surface area contributed by atoms with E-state index >= 15 is 0 Å². The maximum Gasteiger partial charge on any atom is 0.230 e. The molecule has 0 saturated carbocycles. The van der Waals surface area contributed by atoms with Gasteiger partial charge in [-0.25, -0.2) is 0 Å². The van der Waals surface area contributed by atoms with E-state index in [2.05, 4.69) is 22.4 Å². The van der Waals surface area contributed by atoms with Gasteiger partial charge in [-0.05, 0) is 47.9 Å². The second-order valence-electron chi connectivity index (χ2n) is 9.19. The Morgan fingerprint density at radius 2 is 1.92 bits per heavy atom. The van der Waals surface area contributed by atoms with E-state index in [1.807, 2.05) is 43.3 Å². The van der Waals surface area contributed by atoms with E-state index in [4.69, 9.17) is 16.3 Å². The maximum atomic E-state index is 12.1. The molecule has 0 spiro atoms. The van der Waals surface area contributed by atoms with Crippen LogP contribution in [-0.2, 0) is 22.7 Å². The fourth-order valence-corrected chi connectivity index (χ4v) is 6.43. The Balaban J connectivity index is 1.41. The number of benzene rings is 2. The van der Waals surface area contributed by atoms with Crippen molar-refractivity contribution in [3.63, 3.8) is 0 Å². The normalized spacial score (nSPS) is 17.6. The number of fused-ring (bicyclic) bond motifs is 2. The topological polar surface area (TPSA) is 71.5 Å². The first kappa shape index (κ1) is 23.2. The van der Waals surface area contributed by atoms with Crippen LogP contribution >= 0.6 is 22.9 Å². The highest BCUT2D eigenvalue weighted by Crippen LogP contribution is 2.43. The molecule has 0 bridgehead atoms. The first-order valence-corrected chi connectivity index (χ1v) is 13.1. The molecule has 0 radical (unpaired) electrons. The Hall–Kier alpha value is -3.26. The number of aryl methyl sites for hydroxylation is 1. The zero-order chi connectivity index (χ0) is 24.8. The third-order valence-corrected chi connectivity index (χ3v) is 8.13. The van der Waals surface area contributed by atoms with Crippen LogP contribution in [0.3, 0.4) is 0 Å². The molecule has 2 aliphatic heterocycles. The van der Waals surface area contributed by atoms with Crippen molar-refractivity contribution < 1.29 is 14.3 Å². The van der Waals surface area contributed by atoms with Crippen LogP contribution in [-0.4, -0.2) is 28.2 Å². The Morgan fingerprint density at radius 1 is 1.11 bits per heavy atom. The summed E-state index contributed by atoms with van der Waals surface area (Å²) >= 11 is 8.08. The second kappa shape index (κ2) is 9.32. The van der Waals surface area contributed by atoms with Crippen LogP contribution in [0, 0.1) is 6.92 Å². The second-order valence-corrected chi connectivity index (χ2v) is 10.8. The first-order chi connectivity index (χ1) is 17.5. The molecule has 1 unspecified atom stereocenters. The number of hydrogen-bond acceptors (Lipinski definition) is 6. The Kier molecular flexibility index (Phi) is 5.99. The van der Waals surface area contributed by atoms with Crippen molar-refractivity contribution in [2.75, 3.05) is 6.54 Å². The molecule has 1 fully saturated rings. The number of aromatic nitrogens is 1. The van der Waals surface area contributed by atoms with Crippen LogP contribution in [0.5, 0.6) is 5.75 Å². The monoisotopic (exact) mass is 517 g/mol. The standard InChI is InChI=1S/C28H24ClN3O3S/c1-16-10-18(29)11-22(27(16)35-24-14-30-13-17-4-2-3-5-20(17)24)21-8-9-31-23-12-19(36-28(21)23)15-32-25(33)6-7-26(32)34/h2-5,8-12,24,30H,6-7,13-15H2,1H3. The predicted octanol–water partition coefficient (Wildman–Crippen LogP) is 5.80. The lowest BCUT2D eigenvalue weighted by Gasteiger charge is -2.29. The number of nitrogens with one attached hydrogen (secondary N) is 1. The van der Waals surface area contributed by atoms with Gasteiger partial charge in [0.25, 0.3) is 0 Å². The summed E-state index contributed by atoms with van der Waals surface area (Å²) in [5.74, 6) is 0.552. The molecule has 6 rings (SSSR count). The quantitative estimate of drug-likeness (QED) is 0.339. The number of carbonyl (C=O) groups excluding carboxylic acids is 2. The molecule has 2 aromatic heterocycles. The van der Waals surface area contributed by atoms with Crippen molar-refractivity contribution in [2.45, 2.75) is 39.0 Å². The van der Waals surface area contributed by atoms with Gasteiger partial charge in [0.2, 0.25) is 11.8 Å². The van der Waals surface area contributed by atoms with Crippen LogP contribution in [0.15, 0.2) is 54.7 Å². The molecule has 4 aromatic rings. The van der Waals surface area contributed by atoms with Crippen LogP contribution in [0.25, 0.3) is 21.3 Å². The molecule has 2 aliphatic rings. The van der Waals surface area contributed by atoms with Gasteiger partial charge in [-0.3, -0.25) is 19.5 Å². The molecular formula is C28H24ClN3O3S. The molecule has 1 saturated heterocycles. The maximum absolute atomic E-state index is 12.1. The van der Waals surface area contributed by atoms with Crippen molar-refractivity contribution in [1.29, 1.82) is 0 Å². The predicted molar refractivity (Wildman–Crippen MR) is 141 cm³/mol. The first-order valence-electron chi connectivity index (χ1n) is 11.9. The Labute approximate surface area is 217 Å². The van der Waals surface area contributed by atoms with Gasteiger partial charge in [0.05, 0.1) is 16.8 Å². The smallest absolute Gasteiger partial charge is 0.230 e. The van der Waals surface area contributed by atoms with E-state index in [0.717, 1.165) is 44.1 Å². The number of carbonyl (C=O) groups is 2. The summed E-state index contributed by atoms with van der Waals surface area (Å²) in [5, 5.41) is 4.09. The minimum absolute atomic E-state index is 0.117. The minimum Gasteiger partial charge on any atom is -0.483 e. The average molecular weight is 518 g/mol. The lowest BCUT2D eigenvalue weighted by Crippen LogP contribution is -2.31. The molecule has 2 amide bonds. The Morgan fingerprint density at radius 3 is 2.75 bits per heavy atom. The van der Waals surface area contributed by atoms with Gasteiger partial charge in [-0.1, -0.05) is 35.9 Å². The minimum atomic E-state index is -0.128. The third-order valence-electron chi connectivity index (χ3n) is 6.77. The average Bonchev–Trinajstić information content (AvgIpc) is 3.43. The molecule has 36 heavy (non-hydrogen) atoms. The van der Waals surface area contributed by atoms with Crippen LogP contribution < -0.4 is 10.1 Å². The van der Waals surface area contributed by atoms with E-state index in [1.54, 1.807) is 17.5 Å². The van der Waals surface area contributed by atoms with Crippen molar-refractivity contribution in [1.82, 2.24) is 15.2 Å². The molecule has 0 aliphatic carbocycles. The summed E-state index contributed by atoms with van der Waals surface area (Å²) < 4.78 is 7.68. The van der Waals surface area contributed by atoms with Gasteiger partial charge in [0, 0.05) is 53.2 Å². The van der Waals surface area contributed by atoms with E-state index in [-0.39, 0.29) is 37.3 Å². The van der Waals surface area contributed by atoms with Gasteiger partial charge >= 0.3 is 0 Å². The molecule has 1 atom stereocenters. The van der Waals surface area contributed by atoms with Crippen molar-refractivity contribution in [2.24, 2.45) is 0 Å². The van der Waals surface area contributed by atoms with Crippen molar-refractivity contribution in [3.05, 3.63) is 81.3 Å². The highest BCUT2D eigenvalue weighted by Gasteiger charge is 2.30. The largest absolute Gasteiger partial charge is 0.483 e. The number of halogens is 1. The molecule has 4 heterocycles. The van der Waals surface area contributed by atoms with Crippen LogP contribution in [0.1, 0.15) is 40.5 Å². The van der Waals surface area contributed by atoms with Crippen LogP contribution in [0.2, 0.25) is 5.02 Å². The summed E-state index contributed by atoms with van der Waals surface area (Å²) in [6.07, 6.45) is 2.22. The molecular weight excluding hydrogens is 494 g/mol. The van der Waals surface area contributed by atoms with Crippen molar-refractivity contribution >= 4 is 45.0 Å². The molecule has 1 N–H and O–H groups in total. The zero-order valence-electron chi connectivity index (χ0n) is 19.7. The van der Waals surface area contributed by atoms with Gasteiger partial charge in [-0.15, -0.1) is 11.3 Å². The van der Waals surface area contributed by atoms with Gasteiger partial charge in [0.1, 0.15) is 11.9 Å². The number of imide groups is 1. The number of ether oxygens (including phenoxy) is 1. The van der Waals surface area contributed by atoms with Crippen LogP contribution in [0.4, 0.5) is 0 Å². The SMILES string of the molecule is Cc1cc(Cl)cc(-c2ccnc3cc(CN4C(=O)CCC4=O)sc23)c1OC1CNCc2ccccc21. The zero-order valence-corrected chi connectivity index (χ0v) is 21.3. The number of nitrogens with zero attached hydrogens (tertiary/aromatic N) is 2. The Bertz CT molecular complexity index is 1500. The van der Waals surface area contributed by atoms with Gasteiger partial charge in [0.15, 0.2) is 0 Å². The highest BCUT2D eigenvalue weighted by molar-refractivity contribution is 7.19. The number of pyridine rings is 1. The summed E-state index contributed by atoms with van der Waals surface area (Å²) in [7, 11) is 0. The lowest BCUT2D eigenvalue weighted by atomic mass is 9.98. The number of hydrogen-bond donors (Lipinski definition) is 1. The molecule has 8 heteroatoms. The van der Waals surface area contributed by atoms with Gasteiger partial charge < -0.3 is 10.1 Å². The lowest BCUT2D eigenvalue weighted by molar-refractivity contribution is -0.138. The van der Waals surface area contributed by atoms with Crippen molar-refractivity contribution in [3.8, 4) is 16.9 Å². The number of amides is 2. The molecule has 6 nitrogen and oxygen atoms in total. The summed E-state index contributed by atoms with van der Waals surface area (Å²) in [6, 6.07) is 16.1. The highest BCUT2D eigenvalue weighted by atomic mass is 35.5. The fraction of sp³-hybridized carbons (Fsp3) is 0.250.